The summed E-state index contributed by atoms with van der Waals surface area (Å²) >= 11 is 1.41. The molecule has 0 aliphatic heterocycles. The highest BCUT2D eigenvalue weighted by molar-refractivity contribution is 7.93. The molecule has 1 aliphatic carbocycles. The van der Waals surface area contributed by atoms with Crippen molar-refractivity contribution in [1.29, 1.82) is 0 Å². The molecule has 0 bridgehead atoms. The Bertz CT molecular complexity index is 718. The van der Waals surface area contributed by atoms with E-state index < -0.39 is 10.0 Å². The number of anilines is 2. The van der Waals surface area contributed by atoms with Gasteiger partial charge in [-0.2, -0.15) is 0 Å². The molecule has 6 nitrogen and oxygen atoms in total. The number of thiazole rings is 1. The molecule has 3 rings (SSSR count). The number of aryl methyl sites for hydroxylation is 2. The summed E-state index contributed by atoms with van der Waals surface area (Å²) in [6.07, 6.45) is 5.90. The van der Waals surface area contributed by atoms with E-state index in [1.54, 1.807) is 19.3 Å². The van der Waals surface area contributed by atoms with Crippen LogP contribution in [-0.4, -0.2) is 25.4 Å². The van der Waals surface area contributed by atoms with Crippen LogP contribution in [0.2, 0.25) is 0 Å². The van der Waals surface area contributed by atoms with Crippen molar-refractivity contribution < 1.29 is 8.42 Å². The largest absolute Gasteiger partial charge is 0.387 e. The Morgan fingerprint density at radius 2 is 2.20 bits per heavy atom. The Balaban J connectivity index is 1.92. The minimum Gasteiger partial charge on any atom is -0.387 e. The first kappa shape index (κ1) is 13.3. The summed E-state index contributed by atoms with van der Waals surface area (Å²) in [5, 5.41) is 3.28. The van der Waals surface area contributed by atoms with E-state index in [2.05, 4.69) is 20.0 Å². The van der Waals surface area contributed by atoms with Gasteiger partial charge in [0.2, 0.25) is 0 Å². The third kappa shape index (κ3) is 2.36. The number of hydrogen-bond donors (Lipinski definition) is 2. The molecule has 0 spiro atoms. The molecule has 0 unspecified atom stereocenters. The van der Waals surface area contributed by atoms with E-state index >= 15 is 0 Å². The molecular weight excluding hydrogens is 296 g/mol. The monoisotopic (exact) mass is 310 g/mol. The molecule has 8 heteroatoms. The van der Waals surface area contributed by atoms with Crippen molar-refractivity contribution in [2.45, 2.75) is 24.2 Å². The van der Waals surface area contributed by atoms with Gasteiger partial charge in [0.05, 0.1) is 11.4 Å². The molecule has 0 radical (unpaired) electrons. The maximum absolute atomic E-state index is 12.4. The Morgan fingerprint density at radius 1 is 1.35 bits per heavy atom. The summed E-state index contributed by atoms with van der Waals surface area (Å²) in [7, 11) is -2.00. The molecule has 0 aromatic carbocycles. The van der Waals surface area contributed by atoms with Crippen LogP contribution in [0.5, 0.6) is 0 Å². The molecular formula is C12H14N4O2S2. The quantitative estimate of drug-likeness (QED) is 0.900. The molecule has 2 N–H and O–H groups in total. The van der Waals surface area contributed by atoms with Crippen molar-refractivity contribution >= 4 is 32.2 Å². The predicted molar refractivity (Wildman–Crippen MR) is 78.7 cm³/mol. The Morgan fingerprint density at radius 3 is 2.95 bits per heavy atom. The summed E-state index contributed by atoms with van der Waals surface area (Å²) in [5.74, 6) is 0. The maximum atomic E-state index is 12.4. The highest BCUT2D eigenvalue weighted by Gasteiger charge is 2.23. The topological polar surface area (TPSA) is 84.0 Å². The van der Waals surface area contributed by atoms with Crippen LogP contribution in [-0.2, 0) is 22.9 Å². The number of aromatic nitrogens is 2. The average Bonchev–Trinajstić information content (AvgIpc) is 2.99. The van der Waals surface area contributed by atoms with E-state index in [4.69, 9.17) is 0 Å². The minimum atomic E-state index is -3.67. The fourth-order valence-corrected chi connectivity index (χ4v) is 4.65. The lowest BCUT2D eigenvalue weighted by Gasteiger charge is -2.09. The first-order valence-electron chi connectivity index (χ1n) is 6.23. The zero-order valence-electron chi connectivity index (χ0n) is 10.9. The molecule has 2 aromatic rings. The lowest BCUT2D eigenvalue weighted by Crippen LogP contribution is -2.15. The van der Waals surface area contributed by atoms with Crippen LogP contribution in [0.25, 0.3) is 0 Å². The van der Waals surface area contributed by atoms with Gasteiger partial charge in [0.25, 0.3) is 10.0 Å². The molecule has 0 amide bonds. The number of nitrogens with one attached hydrogen (secondary N) is 2. The van der Waals surface area contributed by atoms with Crippen molar-refractivity contribution in [3.8, 4) is 0 Å². The van der Waals surface area contributed by atoms with Crippen LogP contribution in [0.3, 0.4) is 0 Å². The second-order valence-corrected chi connectivity index (χ2v) is 7.20. The van der Waals surface area contributed by atoms with Crippen LogP contribution in [0.4, 0.5) is 10.8 Å². The number of hydrogen-bond acceptors (Lipinski definition) is 6. The third-order valence-electron chi connectivity index (χ3n) is 3.16. The molecule has 20 heavy (non-hydrogen) atoms. The van der Waals surface area contributed by atoms with Crippen LogP contribution in [0, 0.1) is 0 Å². The summed E-state index contributed by atoms with van der Waals surface area (Å²) in [6.45, 7) is 0. The number of rotatable bonds is 4. The van der Waals surface area contributed by atoms with Gasteiger partial charge in [-0.15, -0.1) is 11.3 Å². The number of fused-ring (bicyclic) bond motifs is 1. The van der Waals surface area contributed by atoms with Gasteiger partial charge in [-0.25, -0.2) is 13.4 Å². The predicted octanol–water partition coefficient (Wildman–Crippen LogP) is 1.87. The molecule has 2 aromatic heterocycles. The van der Waals surface area contributed by atoms with Crippen molar-refractivity contribution in [2.24, 2.45) is 0 Å². The maximum Gasteiger partial charge on any atom is 0.267 e. The van der Waals surface area contributed by atoms with Gasteiger partial charge in [-0.1, -0.05) is 0 Å². The van der Waals surface area contributed by atoms with E-state index in [1.165, 1.54) is 22.4 Å². The summed E-state index contributed by atoms with van der Waals surface area (Å²) in [4.78, 5) is 9.53. The fourth-order valence-electron chi connectivity index (χ4n) is 2.20. The third-order valence-corrected chi connectivity index (χ3v) is 5.73. The Kier molecular flexibility index (Phi) is 3.35. The highest BCUT2D eigenvalue weighted by atomic mass is 32.2. The average molecular weight is 310 g/mol. The first-order chi connectivity index (χ1) is 9.60. The van der Waals surface area contributed by atoms with E-state index in [1.807, 2.05) is 0 Å². The summed E-state index contributed by atoms with van der Waals surface area (Å²) in [6, 6.07) is 1.62. The lowest BCUT2D eigenvalue weighted by molar-refractivity contribution is 0.601. The van der Waals surface area contributed by atoms with Crippen LogP contribution in [0.1, 0.15) is 17.0 Å². The second kappa shape index (κ2) is 5.02. The van der Waals surface area contributed by atoms with Gasteiger partial charge in [0, 0.05) is 24.3 Å². The SMILES string of the molecule is CNc1ccncc1S(=O)(=O)Nc1nc2c(s1)CCC2. The van der Waals surface area contributed by atoms with E-state index in [0.717, 1.165) is 25.0 Å². The van der Waals surface area contributed by atoms with Crippen LogP contribution < -0.4 is 10.0 Å². The zero-order valence-corrected chi connectivity index (χ0v) is 12.5. The molecule has 0 atom stereocenters. The van der Waals surface area contributed by atoms with Crippen molar-refractivity contribution in [1.82, 2.24) is 9.97 Å². The standard InChI is InChI=1S/C12H14N4O2S2/c1-13-9-5-6-14-7-11(9)20(17,18)16-12-15-8-3-2-4-10(8)19-12/h5-7H,2-4H2,1H3,(H,13,14)(H,15,16). The number of sulfonamides is 1. The minimum absolute atomic E-state index is 0.123. The van der Waals surface area contributed by atoms with E-state index in [9.17, 15) is 8.42 Å². The summed E-state index contributed by atoms with van der Waals surface area (Å²) < 4.78 is 27.3. The second-order valence-electron chi connectivity index (χ2n) is 4.47. The Hall–Kier alpha value is -1.67. The smallest absolute Gasteiger partial charge is 0.267 e. The van der Waals surface area contributed by atoms with E-state index in [-0.39, 0.29) is 4.90 Å². The molecule has 0 fully saturated rings. The van der Waals surface area contributed by atoms with Gasteiger partial charge in [-0.3, -0.25) is 9.71 Å². The highest BCUT2D eigenvalue weighted by Crippen LogP contribution is 2.32. The molecule has 106 valence electrons. The van der Waals surface area contributed by atoms with Crippen LogP contribution in [0.15, 0.2) is 23.4 Å². The molecule has 0 saturated heterocycles. The van der Waals surface area contributed by atoms with Crippen molar-refractivity contribution in [3.05, 3.63) is 29.0 Å². The lowest BCUT2D eigenvalue weighted by atomic mass is 10.4. The number of pyridine rings is 1. The van der Waals surface area contributed by atoms with Crippen molar-refractivity contribution in [3.63, 3.8) is 0 Å². The van der Waals surface area contributed by atoms with E-state index in [0.29, 0.717) is 10.8 Å². The Labute approximate surface area is 121 Å². The van der Waals surface area contributed by atoms with Gasteiger partial charge >= 0.3 is 0 Å². The fraction of sp³-hybridized carbons (Fsp3) is 0.333. The van der Waals surface area contributed by atoms with Crippen LogP contribution >= 0.6 is 11.3 Å². The van der Waals surface area contributed by atoms with Gasteiger partial charge in [0.15, 0.2) is 5.13 Å². The zero-order chi connectivity index (χ0) is 14.2. The summed E-state index contributed by atoms with van der Waals surface area (Å²) in [5.41, 5.74) is 1.53. The normalized spacial score (nSPS) is 14.1. The van der Waals surface area contributed by atoms with Gasteiger partial charge in [-0.05, 0) is 25.3 Å². The molecule has 2 heterocycles. The first-order valence-corrected chi connectivity index (χ1v) is 8.53. The molecule has 0 saturated carbocycles. The molecule has 1 aliphatic rings. The van der Waals surface area contributed by atoms with Gasteiger partial charge < -0.3 is 5.32 Å². The van der Waals surface area contributed by atoms with Gasteiger partial charge in [0.1, 0.15) is 4.90 Å². The van der Waals surface area contributed by atoms with Crippen molar-refractivity contribution in [2.75, 3.05) is 17.1 Å². The number of nitrogens with zero attached hydrogens (tertiary/aromatic N) is 2.